The number of ether oxygens (including phenoxy) is 2. The number of hydrogen-bond donors (Lipinski definition) is 1. The van der Waals surface area contributed by atoms with E-state index >= 15 is 0 Å². The number of esters is 1. The molecule has 0 aliphatic carbocycles. The van der Waals surface area contributed by atoms with Crippen molar-refractivity contribution in [3.05, 3.63) is 24.3 Å². The number of unbranched alkanes of at least 4 members (excludes halogenated alkanes) is 17. The van der Waals surface area contributed by atoms with E-state index in [4.69, 9.17) is 18.5 Å². The molecule has 2 atom stereocenters. The SMILES string of the molecule is CCCCC/C=C\C/C=C\CCCCCCCC(=O)OC(COCCCCCCCCCCCC)COP(=O)(O)OCC[N+](C)(C)C. The van der Waals surface area contributed by atoms with E-state index in [2.05, 4.69) is 38.2 Å². The number of carbonyl (C=O) groups is 1. The molecule has 2 unspecified atom stereocenters. The predicted octanol–water partition coefficient (Wildman–Crippen LogP) is 10.5. The number of rotatable bonds is 35. The summed E-state index contributed by atoms with van der Waals surface area (Å²) >= 11 is 0. The third-order valence-corrected chi connectivity index (χ3v) is 9.00. The van der Waals surface area contributed by atoms with Crippen molar-refractivity contribution in [1.82, 2.24) is 0 Å². The standard InChI is InChI=1S/C38H74NO7P/c1-6-8-10-12-14-16-18-19-20-21-22-23-25-27-29-31-38(40)46-37(36-45-47(41,42)44-34-32-39(3,4)5)35-43-33-30-28-26-24-17-15-13-11-9-7-2/h14,16,19-20,37H,6-13,15,17-18,21-36H2,1-5H3/p+1/b16-14-,20-19-. The van der Waals surface area contributed by atoms with Crippen molar-refractivity contribution >= 4 is 13.8 Å². The van der Waals surface area contributed by atoms with Gasteiger partial charge in [-0.3, -0.25) is 13.8 Å². The van der Waals surface area contributed by atoms with Gasteiger partial charge in [0.2, 0.25) is 0 Å². The monoisotopic (exact) mass is 689 g/mol. The van der Waals surface area contributed by atoms with E-state index in [0.29, 0.717) is 24.1 Å². The lowest BCUT2D eigenvalue weighted by molar-refractivity contribution is -0.870. The Balaban J connectivity index is 4.32. The van der Waals surface area contributed by atoms with Crippen LogP contribution in [0.4, 0.5) is 0 Å². The maximum Gasteiger partial charge on any atom is 0.472 e. The zero-order valence-corrected chi connectivity index (χ0v) is 32.2. The normalized spacial score (nSPS) is 14.3. The number of allylic oxidation sites excluding steroid dienone is 4. The highest BCUT2D eigenvalue weighted by Crippen LogP contribution is 2.43. The van der Waals surface area contributed by atoms with Crippen LogP contribution in [0.5, 0.6) is 0 Å². The summed E-state index contributed by atoms with van der Waals surface area (Å²) in [5.74, 6) is -0.328. The Labute approximate surface area is 290 Å². The summed E-state index contributed by atoms with van der Waals surface area (Å²) in [6.45, 7) is 5.57. The zero-order chi connectivity index (χ0) is 34.9. The van der Waals surface area contributed by atoms with E-state index in [-0.39, 0.29) is 25.8 Å². The van der Waals surface area contributed by atoms with E-state index in [1.165, 1.54) is 77.0 Å². The predicted molar refractivity (Wildman–Crippen MR) is 197 cm³/mol. The van der Waals surface area contributed by atoms with Crippen LogP contribution in [0.1, 0.15) is 155 Å². The highest BCUT2D eigenvalue weighted by Gasteiger charge is 2.26. The maximum absolute atomic E-state index is 12.6. The molecule has 1 N–H and O–H groups in total. The lowest BCUT2D eigenvalue weighted by atomic mass is 10.1. The summed E-state index contributed by atoms with van der Waals surface area (Å²) < 4.78 is 34.8. The third-order valence-electron chi connectivity index (χ3n) is 8.02. The van der Waals surface area contributed by atoms with Crippen LogP contribution in [-0.4, -0.2) is 75.6 Å². The number of phosphoric acid groups is 1. The minimum atomic E-state index is -4.26. The summed E-state index contributed by atoms with van der Waals surface area (Å²) in [6.07, 6.45) is 33.4. The van der Waals surface area contributed by atoms with Crippen molar-refractivity contribution in [2.75, 3.05) is 54.1 Å². The minimum absolute atomic E-state index is 0.0871. The van der Waals surface area contributed by atoms with E-state index < -0.39 is 13.9 Å². The Kier molecular flexibility index (Phi) is 31.5. The van der Waals surface area contributed by atoms with Crippen LogP contribution in [0, 0.1) is 0 Å². The fraction of sp³-hybridized carbons (Fsp3) is 0.868. The van der Waals surface area contributed by atoms with E-state index in [0.717, 1.165) is 57.8 Å². The molecule has 0 spiro atoms. The molecule has 0 aromatic heterocycles. The van der Waals surface area contributed by atoms with E-state index in [1.54, 1.807) is 0 Å². The topological polar surface area (TPSA) is 91.3 Å². The molecule has 0 radical (unpaired) electrons. The van der Waals surface area contributed by atoms with Crippen molar-refractivity contribution in [3.63, 3.8) is 0 Å². The molecule has 0 amide bonds. The Morgan fingerprint density at radius 2 is 1.17 bits per heavy atom. The summed E-state index contributed by atoms with van der Waals surface area (Å²) in [5, 5.41) is 0. The van der Waals surface area contributed by atoms with Gasteiger partial charge in [-0.1, -0.05) is 128 Å². The van der Waals surface area contributed by atoms with Gasteiger partial charge in [0.25, 0.3) is 0 Å². The van der Waals surface area contributed by atoms with Gasteiger partial charge in [0, 0.05) is 13.0 Å². The van der Waals surface area contributed by atoms with Gasteiger partial charge < -0.3 is 18.9 Å². The second-order valence-corrected chi connectivity index (χ2v) is 15.4. The van der Waals surface area contributed by atoms with Crippen molar-refractivity contribution in [2.45, 2.75) is 161 Å². The van der Waals surface area contributed by atoms with Crippen molar-refractivity contribution in [3.8, 4) is 0 Å². The molecule has 278 valence electrons. The molecule has 0 rings (SSSR count). The first-order chi connectivity index (χ1) is 22.6. The van der Waals surface area contributed by atoms with Crippen molar-refractivity contribution in [1.29, 1.82) is 0 Å². The molecule has 0 aliphatic heterocycles. The van der Waals surface area contributed by atoms with Crippen LogP contribution in [-0.2, 0) is 27.9 Å². The number of nitrogens with zero attached hydrogens (tertiary/aromatic N) is 1. The van der Waals surface area contributed by atoms with Crippen molar-refractivity contribution < 1.29 is 37.3 Å². The van der Waals surface area contributed by atoms with E-state index in [1.807, 2.05) is 21.1 Å². The number of quaternary nitrogens is 1. The quantitative estimate of drug-likeness (QED) is 0.0233. The number of likely N-dealkylation sites (N-methyl/N-ethyl adjacent to an activating group) is 1. The molecule has 9 heteroatoms. The molecule has 8 nitrogen and oxygen atoms in total. The molecule has 0 aliphatic rings. The van der Waals surface area contributed by atoms with Gasteiger partial charge in [0.1, 0.15) is 19.3 Å². The summed E-state index contributed by atoms with van der Waals surface area (Å²) in [5.41, 5.74) is 0. The molecular formula is C38H75NO7P+. The molecule has 0 aromatic rings. The number of phosphoric ester groups is 1. The first-order valence-electron chi connectivity index (χ1n) is 19.1. The second kappa shape index (κ2) is 32.2. The smallest absolute Gasteiger partial charge is 0.457 e. The molecule has 0 aromatic carbocycles. The van der Waals surface area contributed by atoms with Crippen LogP contribution >= 0.6 is 7.82 Å². The first-order valence-corrected chi connectivity index (χ1v) is 20.6. The third kappa shape index (κ3) is 36.1. The highest BCUT2D eigenvalue weighted by molar-refractivity contribution is 7.47. The largest absolute Gasteiger partial charge is 0.472 e. The van der Waals surface area contributed by atoms with Crippen molar-refractivity contribution in [2.24, 2.45) is 0 Å². The number of hydrogen-bond acceptors (Lipinski definition) is 6. The van der Waals surface area contributed by atoms with Gasteiger partial charge in [-0.25, -0.2) is 4.57 Å². The van der Waals surface area contributed by atoms with Crippen LogP contribution < -0.4 is 0 Å². The van der Waals surface area contributed by atoms with Crippen LogP contribution in [0.25, 0.3) is 0 Å². The zero-order valence-electron chi connectivity index (χ0n) is 31.3. The molecule has 0 saturated carbocycles. The fourth-order valence-corrected chi connectivity index (χ4v) is 5.73. The fourth-order valence-electron chi connectivity index (χ4n) is 4.99. The molecule has 0 saturated heterocycles. The Bertz CT molecular complexity index is 812. The second-order valence-electron chi connectivity index (χ2n) is 14.0. The lowest BCUT2D eigenvalue weighted by Gasteiger charge is -2.24. The van der Waals surface area contributed by atoms with Gasteiger partial charge in [0.15, 0.2) is 0 Å². The van der Waals surface area contributed by atoms with E-state index in [9.17, 15) is 14.3 Å². The molecule has 47 heavy (non-hydrogen) atoms. The number of carbonyl (C=O) groups excluding carboxylic acids is 1. The van der Waals surface area contributed by atoms with Crippen LogP contribution in [0.3, 0.4) is 0 Å². The molecule has 0 fully saturated rings. The van der Waals surface area contributed by atoms with Gasteiger partial charge in [0.05, 0.1) is 34.4 Å². The van der Waals surface area contributed by atoms with Crippen LogP contribution in [0.2, 0.25) is 0 Å². The summed E-state index contributed by atoms with van der Waals surface area (Å²) in [7, 11) is 1.66. The van der Waals surface area contributed by atoms with Gasteiger partial charge in [-0.15, -0.1) is 0 Å². The lowest BCUT2D eigenvalue weighted by Crippen LogP contribution is -2.37. The Morgan fingerprint density at radius 1 is 0.660 bits per heavy atom. The summed E-state index contributed by atoms with van der Waals surface area (Å²) in [4.78, 5) is 22.7. The molecule has 0 bridgehead atoms. The average molecular weight is 689 g/mol. The molecule has 0 heterocycles. The highest BCUT2D eigenvalue weighted by atomic mass is 31.2. The molecular weight excluding hydrogens is 613 g/mol. The maximum atomic E-state index is 12.6. The Hall–Kier alpha value is -1.02. The summed E-state index contributed by atoms with van der Waals surface area (Å²) in [6, 6.07) is 0. The first kappa shape index (κ1) is 46.0. The van der Waals surface area contributed by atoms with Gasteiger partial charge in [-0.05, 0) is 44.9 Å². The van der Waals surface area contributed by atoms with Gasteiger partial charge >= 0.3 is 13.8 Å². The Morgan fingerprint density at radius 3 is 1.77 bits per heavy atom. The minimum Gasteiger partial charge on any atom is -0.457 e. The average Bonchev–Trinajstić information content (AvgIpc) is 3.01. The van der Waals surface area contributed by atoms with Crippen LogP contribution in [0.15, 0.2) is 24.3 Å². The van der Waals surface area contributed by atoms with Gasteiger partial charge in [-0.2, -0.15) is 0 Å².